The molecule has 2 aromatic heterocycles. The highest BCUT2D eigenvalue weighted by Crippen LogP contribution is 2.39. The van der Waals surface area contributed by atoms with Crippen molar-refractivity contribution in [1.29, 1.82) is 0 Å². The summed E-state index contributed by atoms with van der Waals surface area (Å²) >= 11 is 6.98. The molecule has 40 heavy (non-hydrogen) atoms. The van der Waals surface area contributed by atoms with Crippen molar-refractivity contribution in [2.75, 3.05) is 25.5 Å². The van der Waals surface area contributed by atoms with Crippen LogP contribution in [-0.2, 0) is 13.6 Å². The first-order valence-corrected chi connectivity index (χ1v) is 13.5. The first-order valence-electron chi connectivity index (χ1n) is 13.1. The van der Waals surface area contributed by atoms with Crippen molar-refractivity contribution < 1.29 is 9.53 Å². The van der Waals surface area contributed by atoms with E-state index in [4.69, 9.17) is 26.3 Å². The molecule has 0 aliphatic carbocycles. The van der Waals surface area contributed by atoms with E-state index in [0.717, 1.165) is 45.7 Å². The van der Waals surface area contributed by atoms with Gasteiger partial charge in [0.05, 0.1) is 24.0 Å². The minimum absolute atomic E-state index is 0.0116. The zero-order chi connectivity index (χ0) is 28.4. The first kappa shape index (κ1) is 27.5. The molecule has 0 spiro atoms. The molecule has 1 saturated heterocycles. The quantitative estimate of drug-likeness (QED) is 0.342. The maximum atomic E-state index is 12.9. The normalized spacial score (nSPS) is 15.3. The number of likely N-dealkylation sites (tertiary alicyclic amines) is 1. The zero-order valence-corrected chi connectivity index (χ0v) is 23.7. The fourth-order valence-corrected chi connectivity index (χ4v) is 5.37. The van der Waals surface area contributed by atoms with Gasteiger partial charge in [0.2, 0.25) is 5.88 Å². The third kappa shape index (κ3) is 5.48. The molecular weight excluding hydrogens is 528 g/mol. The van der Waals surface area contributed by atoms with Crippen LogP contribution in [0.15, 0.2) is 59.7 Å². The molecule has 1 fully saturated rings. The van der Waals surface area contributed by atoms with Crippen molar-refractivity contribution in [1.82, 2.24) is 24.6 Å². The van der Waals surface area contributed by atoms with Crippen LogP contribution in [0.25, 0.3) is 22.4 Å². The molecule has 1 unspecified atom stereocenters. The van der Waals surface area contributed by atoms with Crippen LogP contribution in [0, 0.1) is 12.8 Å². The predicted molar refractivity (Wildman–Crippen MR) is 156 cm³/mol. The number of anilines is 1. The average Bonchev–Trinajstić information content (AvgIpc) is 3.36. The van der Waals surface area contributed by atoms with Gasteiger partial charge in [0.1, 0.15) is 11.3 Å². The van der Waals surface area contributed by atoms with E-state index in [9.17, 15) is 9.59 Å². The zero-order valence-electron chi connectivity index (χ0n) is 22.9. The van der Waals surface area contributed by atoms with Gasteiger partial charge in [-0.3, -0.25) is 19.5 Å². The van der Waals surface area contributed by atoms with Crippen LogP contribution in [0.3, 0.4) is 0 Å². The van der Waals surface area contributed by atoms with Crippen molar-refractivity contribution in [2.45, 2.75) is 26.8 Å². The maximum absolute atomic E-state index is 12.9. The number of aromatic nitrogens is 4. The van der Waals surface area contributed by atoms with Crippen molar-refractivity contribution >= 4 is 23.2 Å². The van der Waals surface area contributed by atoms with Gasteiger partial charge in [-0.1, -0.05) is 48.9 Å². The molecule has 206 valence electrons. The van der Waals surface area contributed by atoms with Crippen LogP contribution in [0.2, 0.25) is 5.02 Å². The Kier molecular flexibility index (Phi) is 7.95. The molecule has 1 atom stereocenters. The van der Waals surface area contributed by atoms with Gasteiger partial charge in [0.25, 0.3) is 11.5 Å². The van der Waals surface area contributed by atoms with E-state index >= 15 is 0 Å². The number of benzene rings is 2. The molecule has 1 amide bonds. The van der Waals surface area contributed by atoms with Gasteiger partial charge in [-0.2, -0.15) is 5.10 Å². The monoisotopic (exact) mass is 558 g/mol. The highest BCUT2D eigenvalue weighted by molar-refractivity contribution is 6.36. The van der Waals surface area contributed by atoms with Gasteiger partial charge in [-0.25, -0.2) is 9.67 Å². The van der Waals surface area contributed by atoms with Crippen LogP contribution >= 0.6 is 11.6 Å². The summed E-state index contributed by atoms with van der Waals surface area (Å²) in [5.41, 5.74) is 4.67. The lowest BCUT2D eigenvalue weighted by Crippen LogP contribution is -2.28. The van der Waals surface area contributed by atoms with Gasteiger partial charge in [0, 0.05) is 43.1 Å². The SMILES string of the molecule is COc1nc(-c2cccc(-c3cccc(NC(=O)c4ccnn(C)c4=O)c3C)c2Cl)cnc1CN1CCC(C)C1. The van der Waals surface area contributed by atoms with E-state index in [2.05, 4.69) is 22.2 Å². The minimum atomic E-state index is -0.506. The van der Waals surface area contributed by atoms with Crippen LogP contribution < -0.4 is 15.6 Å². The fraction of sp³-hybridized carbons (Fsp3) is 0.300. The van der Waals surface area contributed by atoms with Crippen molar-refractivity contribution in [3.8, 4) is 28.3 Å². The average molecular weight is 559 g/mol. The summed E-state index contributed by atoms with van der Waals surface area (Å²) in [5, 5.41) is 7.24. The smallest absolute Gasteiger partial charge is 0.279 e. The van der Waals surface area contributed by atoms with Gasteiger partial charge in [0.15, 0.2) is 0 Å². The molecule has 4 aromatic rings. The molecular formula is C30H31ClN6O3. The number of rotatable bonds is 7. The van der Waals surface area contributed by atoms with Crippen LogP contribution in [0.1, 0.15) is 35.0 Å². The summed E-state index contributed by atoms with van der Waals surface area (Å²) in [5.74, 6) is 0.661. The first-order chi connectivity index (χ1) is 19.3. The van der Waals surface area contributed by atoms with E-state index in [-0.39, 0.29) is 5.56 Å². The Morgan fingerprint density at radius 2 is 1.90 bits per heavy atom. The topological polar surface area (TPSA) is 102 Å². The Balaban J connectivity index is 1.45. The molecule has 9 nitrogen and oxygen atoms in total. The predicted octanol–water partition coefficient (Wildman–Crippen LogP) is 4.97. The second kappa shape index (κ2) is 11.6. The standard InChI is InChI=1S/C30H31ClN6O3/c1-18-12-14-37(16-18)17-26-29(40-4)35-25(15-32-26)22-9-5-8-21(27(22)31)20-7-6-10-24(19(20)2)34-28(38)23-11-13-33-36(3)30(23)39/h5-11,13,15,18H,12,14,16-17H2,1-4H3,(H,34,38). The fourth-order valence-electron chi connectivity index (χ4n) is 5.05. The molecule has 2 aromatic carbocycles. The lowest BCUT2D eigenvalue weighted by Gasteiger charge is -2.17. The highest BCUT2D eigenvalue weighted by Gasteiger charge is 2.22. The number of amides is 1. The van der Waals surface area contributed by atoms with Crippen LogP contribution in [0.4, 0.5) is 5.69 Å². The summed E-state index contributed by atoms with van der Waals surface area (Å²) in [7, 11) is 3.11. The van der Waals surface area contributed by atoms with Gasteiger partial charge in [-0.05, 0) is 49.1 Å². The van der Waals surface area contributed by atoms with Gasteiger partial charge >= 0.3 is 0 Å². The summed E-state index contributed by atoms with van der Waals surface area (Å²) in [6.45, 7) is 6.93. The van der Waals surface area contributed by atoms with Crippen molar-refractivity contribution in [3.05, 3.63) is 87.1 Å². The van der Waals surface area contributed by atoms with E-state index in [0.29, 0.717) is 34.7 Å². The third-order valence-corrected chi connectivity index (χ3v) is 7.69. The molecule has 1 aliphatic heterocycles. The molecule has 0 radical (unpaired) electrons. The number of halogens is 1. The Bertz CT molecular complexity index is 1640. The maximum Gasteiger partial charge on any atom is 0.279 e. The second-order valence-electron chi connectivity index (χ2n) is 10.1. The summed E-state index contributed by atoms with van der Waals surface area (Å²) in [4.78, 5) is 37.1. The number of aryl methyl sites for hydroxylation is 1. The minimum Gasteiger partial charge on any atom is -0.480 e. The van der Waals surface area contributed by atoms with Crippen LogP contribution in [-0.4, -0.2) is 50.8 Å². The Labute approximate surface area is 237 Å². The number of carbonyl (C=O) groups excluding carboxylic acids is 1. The number of nitrogens with one attached hydrogen (secondary N) is 1. The third-order valence-electron chi connectivity index (χ3n) is 7.28. The molecule has 1 N–H and O–H groups in total. The van der Waals surface area contributed by atoms with Crippen molar-refractivity contribution in [3.63, 3.8) is 0 Å². The summed E-state index contributed by atoms with van der Waals surface area (Å²) in [6, 6.07) is 12.7. The number of carbonyl (C=O) groups is 1. The van der Waals surface area contributed by atoms with Gasteiger partial charge < -0.3 is 10.1 Å². The molecule has 3 heterocycles. The Morgan fingerprint density at radius 3 is 2.65 bits per heavy atom. The molecule has 0 saturated carbocycles. The highest BCUT2D eigenvalue weighted by atomic mass is 35.5. The number of nitrogens with zero attached hydrogens (tertiary/aromatic N) is 5. The van der Waals surface area contributed by atoms with E-state index < -0.39 is 11.5 Å². The summed E-state index contributed by atoms with van der Waals surface area (Å²) < 4.78 is 6.74. The van der Waals surface area contributed by atoms with Crippen LogP contribution in [0.5, 0.6) is 5.88 Å². The lowest BCUT2D eigenvalue weighted by atomic mass is 9.96. The number of ether oxygens (including phenoxy) is 1. The summed E-state index contributed by atoms with van der Waals surface area (Å²) in [6.07, 6.45) is 4.34. The largest absolute Gasteiger partial charge is 0.480 e. The molecule has 1 aliphatic rings. The van der Waals surface area contributed by atoms with Gasteiger partial charge in [-0.15, -0.1) is 0 Å². The molecule has 10 heteroatoms. The van der Waals surface area contributed by atoms with E-state index in [1.807, 2.05) is 37.3 Å². The lowest BCUT2D eigenvalue weighted by molar-refractivity contribution is 0.102. The number of hydrogen-bond acceptors (Lipinski definition) is 7. The van der Waals surface area contributed by atoms with Crippen molar-refractivity contribution in [2.24, 2.45) is 13.0 Å². The Morgan fingerprint density at radius 1 is 1.15 bits per heavy atom. The van der Waals surface area contributed by atoms with E-state index in [1.165, 1.54) is 25.7 Å². The number of methoxy groups -OCH3 is 1. The Hall–Kier alpha value is -4.08. The molecule has 5 rings (SSSR count). The second-order valence-corrected chi connectivity index (χ2v) is 10.5. The molecule has 0 bridgehead atoms. The van der Waals surface area contributed by atoms with E-state index in [1.54, 1.807) is 19.4 Å². The number of hydrogen-bond donors (Lipinski definition) is 1.